The standard InChI is InChI=1S/C20H24BrF2N5O3S.4CH4/c21-12-9-14(22)13(15(23)10-12)11-31-18-16(17(24)29)19(32-27-18)26-20(30)25-5-1-2-6-28-7-3-4-8-28;;;;/h9-10H,1-8,11H2,(H2,24,29)(H2,25,26,30);4*1H4. The number of benzene rings is 1. The number of likely N-dealkylation sites (tertiary alicyclic amines) is 1. The molecule has 0 saturated carbocycles. The lowest BCUT2D eigenvalue weighted by molar-refractivity contribution is 0.0996. The maximum Gasteiger partial charge on any atom is 0.319 e. The van der Waals surface area contributed by atoms with E-state index in [0.717, 1.165) is 56.1 Å². The quantitative estimate of drug-likeness (QED) is 0.275. The van der Waals surface area contributed by atoms with Crippen LogP contribution < -0.4 is 21.1 Å². The monoisotopic (exact) mass is 595 g/mol. The Labute approximate surface area is 226 Å². The first-order valence-electron chi connectivity index (χ1n) is 10.2. The number of hydrogen-bond donors (Lipinski definition) is 3. The molecule has 12 heteroatoms. The Morgan fingerprint density at radius 2 is 1.72 bits per heavy atom. The Kier molecular flexibility index (Phi) is 17.1. The number of carbonyl (C=O) groups is 2. The van der Waals surface area contributed by atoms with E-state index in [-0.39, 0.29) is 56.2 Å². The van der Waals surface area contributed by atoms with Crippen LogP contribution in [0.25, 0.3) is 0 Å². The number of ether oxygens (including phenoxy) is 1. The van der Waals surface area contributed by atoms with Crippen molar-refractivity contribution >= 4 is 44.4 Å². The van der Waals surface area contributed by atoms with E-state index in [1.165, 1.54) is 12.8 Å². The van der Waals surface area contributed by atoms with Crippen LogP contribution in [-0.4, -0.2) is 47.4 Å². The van der Waals surface area contributed by atoms with Crippen LogP contribution in [0.3, 0.4) is 0 Å². The third-order valence-electron chi connectivity index (χ3n) is 4.98. The van der Waals surface area contributed by atoms with E-state index in [4.69, 9.17) is 10.5 Å². The van der Waals surface area contributed by atoms with Crippen LogP contribution in [0.1, 0.15) is 71.3 Å². The van der Waals surface area contributed by atoms with Gasteiger partial charge in [-0.3, -0.25) is 10.1 Å². The summed E-state index contributed by atoms with van der Waals surface area (Å²) in [5.41, 5.74) is 4.92. The SMILES string of the molecule is C.C.C.C.NC(=O)c1c(OCc2c(F)cc(Br)cc2F)nsc1NC(=O)NCCCCN1CCCC1. The molecule has 2 heterocycles. The number of primary amides is 1. The van der Waals surface area contributed by atoms with Crippen molar-refractivity contribution in [3.8, 4) is 5.88 Å². The molecule has 1 aliphatic heterocycles. The molecule has 0 aliphatic carbocycles. The summed E-state index contributed by atoms with van der Waals surface area (Å²) in [6, 6.07) is 1.69. The summed E-state index contributed by atoms with van der Waals surface area (Å²) < 4.78 is 37.5. The lowest BCUT2D eigenvalue weighted by Gasteiger charge is -2.14. The van der Waals surface area contributed by atoms with E-state index in [1.807, 2.05) is 0 Å². The molecule has 1 aromatic carbocycles. The van der Waals surface area contributed by atoms with Gasteiger partial charge in [-0.1, -0.05) is 45.6 Å². The number of nitrogens with zero attached hydrogens (tertiary/aromatic N) is 2. The number of hydrogen-bond acceptors (Lipinski definition) is 6. The number of halogens is 3. The Morgan fingerprint density at radius 1 is 1.11 bits per heavy atom. The van der Waals surface area contributed by atoms with Crippen LogP contribution in [0.4, 0.5) is 18.6 Å². The van der Waals surface area contributed by atoms with Crippen molar-refractivity contribution in [3.63, 3.8) is 0 Å². The molecule has 0 bridgehead atoms. The third-order valence-corrected chi connectivity index (χ3v) is 6.18. The third kappa shape index (κ3) is 9.98. The van der Waals surface area contributed by atoms with E-state index >= 15 is 0 Å². The lowest BCUT2D eigenvalue weighted by Crippen LogP contribution is -2.30. The molecule has 8 nitrogen and oxygen atoms in total. The number of nitrogens with one attached hydrogen (secondary N) is 2. The predicted octanol–water partition coefficient (Wildman–Crippen LogP) is 6.40. The highest BCUT2D eigenvalue weighted by Gasteiger charge is 2.23. The van der Waals surface area contributed by atoms with Gasteiger partial charge in [-0.2, -0.15) is 4.37 Å². The Balaban J connectivity index is 0. The van der Waals surface area contributed by atoms with Gasteiger partial charge in [0, 0.05) is 11.0 Å². The number of rotatable bonds is 10. The van der Waals surface area contributed by atoms with Crippen molar-refractivity contribution in [2.24, 2.45) is 5.73 Å². The first-order valence-corrected chi connectivity index (χ1v) is 11.7. The van der Waals surface area contributed by atoms with E-state index in [2.05, 4.69) is 35.8 Å². The zero-order valence-electron chi connectivity index (χ0n) is 17.3. The molecule has 1 aliphatic rings. The summed E-state index contributed by atoms with van der Waals surface area (Å²) in [5, 5.41) is 5.35. The van der Waals surface area contributed by atoms with Gasteiger partial charge in [-0.05, 0) is 69.0 Å². The first-order chi connectivity index (χ1) is 15.3. The van der Waals surface area contributed by atoms with Gasteiger partial charge in [0.2, 0.25) is 5.88 Å². The van der Waals surface area contributed by atoms with E-state index in [0.29, 0.717) is 6.54 Å². The predicted molar refractivity (Wildman–Crippen MR) is 148 cm³/mol. The largest absolute Gasteiger partial charge is 0.471 e. The van der Waals surface area contributed by atoms with Gasteiger partial charge < -0.3 is 20.7 Å². The molecule has 2 aromatic rings. The second-order valence-corrected chi connectivity index (χ2v) is 9.02. The Bertz CT molecular complexity index is 948. The summed E-state index contributed by atoms with van der Waals surface area (Å²) in [5.74, 6) is -2.71. The normalized spacial score (nSPS) is 12.3. The Hall–Kier alpha value is -2.31. The fourth-order valence-corrected chi connectivity index (χ4v) is 4.48. The summed E-state index contributed by atoms with van der Waals surface area (Å²) in [4.78, 5) is 26.5. The van der Waals surface area contributed by atoms with Crippen molar-refractivity contribution in [1.29, 1.82) is 0 Å². The summed E-state index contributed by atoms with van der Waals surface area (Å²) in [7, 11) is 0. The first kappa shape index (κ1) is 35.8. The van der Waals surface area contributed by atoms with E-state index in [9.17, 15) is 18.4 Å². The molecular formula is C24H40BrF2N5O3S. The number of nitrogens with two attached hydrogens (primary N) is 1. The Morgan fingerprint density at radius 3 is 2.31 bits per heavy atom. The fraction of sp³-hybridized carbons (Fsp3) is 0.542. The van der Waals surface area contributed by atoms with Crippen LogP contribution >= 0.6 is 27.5 Å². The maximum absolute atomic E-state index is 14.0. The van der Waals surface area contributed by atoms with Crippen molar-refractivity contribution in [3.05, 3.63) is 39.4 Å². The second kappa shape index (κ2) is 17.2. The number of anilines is 1. The smallest absolute Gasteiger partial charge is 0.319 e. The van der Waals surface area contributed by atoms with Gasteiger partial charge in [0.15, 0.2) is 0 Å². The minimum absolute atomic E-state index is 0. The molecule has 0 atom stereocenters. The van der Waals surface area contributed by atoms with Crippen molar-refractivity contribution in [2.75, 3.05) is 31.5 Å². The molecule has 1 aromatic heterocycles. The molecule has 0 unspecified atom stereocenters. The second-order valence-electron chi connectivity index (χ2n) is 7.33. The number of unbranched alkanes of at least 4 members (excludes halogenated alkanes) is 1. The number of urea groups is 1. The minimum Gasteiger partial charge on any atom is -0.471 e. The molecule has 1 fully saturated rings. The molecule has 206 valence electrons. The van der Waals surface area contributed by atoms with Crippen LogP contribution in [0.2, 0.25) is 0 Å². The maximum atomic E-state index is 14.0. The zero-order valence-corrected chi connectivity index (χ0v) is 19.7. The molecular weight excluding hydrogens is 556 g/mol. The molecule has 1 saturated heterocycles. The number of aromatic nitrogens is 1. The van der Waals surface area contributed by atoms with Gasteiger partial charge in [0.1, 0.15) is 28.8 Å². The van der Waals surface area contributed by atoms with Gasteiger partial charge in [0.05, 0.1) is 5.56 Å². The number of carbonyl (C=O) groups excluding carboxylic acids is 2. The van der Waals surface area contributed by atoms with Gasteiger partial charge >= 0.3 is 6.03 Å². The van der Waals surface area contributed by atoms with Gasteiger partial charge in [0.25, 0.3) is 5.91 Å². The highest BCUT2D eigenvalue weighted by Crippen LogP contribution is 2.31. The van der Waals surface area contributed by atoms with Gasteiger partial charge in [-0.15, -0.1) is 0 Å². The van der Waals surface area contributed by atoms with Crippen molar-refractivity contribution < 1.29 is 23.1 Å². The summed E-state index contributed by atoms with van der Waals surface area (Å²) in [6.07, 6.45) is 4.30. The highest BCUT2D eigenvalue weighted by molar-refractivity contribution is 9.10. The van der Waals surface area contributed by atoms with Gasteiger partial charge in [-0.25, -0.2) is 13.6 Å². The zero-order chi connectivity index (χ0) is 23.1. The van der Waals surface area contributed by atoms with Crippen molar-refractivity contribution in [1.82, 2.24) is 14.6 Å². The lowest BCUT2D eigenvalue weighted by atomic mass is 10.2. The minimum atomic E-state index is -0.883. The van der Waals surface area contributed by atoms with E-state index in [1.54, 1.807) is 0 Å². The molecule has 4 N–H and O–H groups in total. The molecule has 3 amide bonds. The molecule has 0 spiro atoms. The fourth-order valence-electron chi connectivity index (χ4n) is 3.34. The van der Waals surface area contributed by atoms with Crippen LogP contribution in [0.5, 0.6) is 5.88 Å². The molecule has 36 heavy (non-hydrogen) atoms. The topological polar surface area (TPSA) is 110 Å². The van der Waals surface area contributed by atoms with Crippen molar-refractivity contribution in [2.45, 2.75) is 62.0 Å². The average molecular weight is 597 g/mol. The average Bonchev–Trinajstić information content (AvgIpc) is 3.37. The van der Waals surface area contributed by atoms with Crippen LogP contribution in [-0.2, 0) is 6.61 Å². The molecule has 3 rings (SSSR count). The highest BCUT2D eigenvalue weighted by atomic mass is 79.9. The number of amides is 3. The van der Waals surface area contributed by atoms with Crippen LogP contribution in [0.15, 0.2) is 16.6 Å². The summed E-state index contributed by atoms with van der Waals surface area (Å²) >= 11 is 3.79. The molecule has 0 radical (unpaired) electrons. The van der Waals surface area contributed by atoms with Crippen LogP contribution in [0, 0.1) is 11.6 Å². The van der Waals surface area contributed by atoms with E-state index < -0.39 is 30.2 Å². The summed E-state index contributed by atoms with van der Waals surface area (Å²) in [6.45, 7) is 3.28.